The van der Waals surface area contributed by atoms with Crippen molar-refractivity contribution < 1.29 is 14.3 Å². The summed E-state index contributed by atoms with van der Waals surface area (Å²) in [5.74, 6) is -0.317. The predicted molar refractivity (Wildman–Crippen MR) is 82.0 cm³/mol. The van der Waals surface area contributed by atoms with Gasteiger partial charge in [-0.05, 0) is 30.7 Å². The molecule has 0 radical (unpaired) electrons. The Morgan fingerprint density at radius 1 is 1.19 bits per heavy atom. The zero-order chi connectivity index (χ0) is 15.1. The molecule has 1 unspecified atom stereocenters. The van der Waals surface area contributed by atoms with Crippen molar-refractivity contribution in [1.82, 2.24) is 0 Å². The van der Waals surface area contributed by atoms with Gasteiger partial charge in [0, 0.05) is 13.1 Å². The first-order valence-electron chi connectivity index (χ1n) is 6.82. The highest BCUT2D eigenvalue weighted by Crippen LogP contribution is 2.19. The Hall–Kier alpha value is -2.20. The largest absolute Gasteiger partial charge is 0.459 e. The average Bonchev–Trinajstić information content (AvgIpc) is 2.67. The van der Waals surface area contributed by atoms with Crippen molar-refractivity contribution in [2.24, 2.45) is 4.99 Å². The zero-order valence-corrected chi connectivity index (χ0v) is 12.3. The minimum atomic E-state index is -0.530. The van der Waals surface area contributed by atoms with Crippen molar-refractivity contribution in [3.05, 3.63) is 60.3 Å². The van der Waals surface area contributed by atoms with E-state index < -0.39 is 5.60 Å². The summed E-state index contributed by atoms with van der Waals surface area (Å²) in [5.41, 5.74) is 1.27. The first kappa shape index (κ1) is 15.2. The topological polar surface area (TPSA) is 47.9 Å². The highest BCUT2D eigenvalue weighted by molar-refractivity contribution is 5.97. The number of ether oxygens (including phenoxy) is 2. The van der Waals surface area contributed by atoms with E-state index in [1.54, 1.807) is 6.20 Å². The molecular weight excluding hydrogens is 266 g/mol. The van der Waals surface area contributed by atoms with Crippen molar-refractivity contribution in [1.29, 1.82) is 0 Å². The van der Waals surface area contributed by atoms with Crippen LogP contribution in [0.15, 0.2) is 59.8 Å². The van der Waals surface area contributed by atoms with Crippen LogP contribution >= 0.6 is 0 Å². The van der Waals surface area contributed by atoms with Crippen LogP contribution in [-0.4, -0.2) is 23.9 Å². The molecule has 4 heteroatoms. The maximum atomic E-state index is 10.8. The van der Waals surface area contributed by atoms with Gasteiger partial charge in [-0.25, -0.2) is 0 Å². The first-order chi connectivity index (χ1) is 10.1. The average molecular weight is 285 g/mol. The monoisotopic (exact) mass is 285 g/mol. The summed E-state index contributed by atoms with van der Waals surface area (Å²) in [6.07, 6.45) is 7.31. The second-order valence-corrected chi connectivity index (χ2v) is 5.01. The molecule has 1 aliphatic heterocycles. The Balaban J connectivity index is 1.95. The van der Waals surface area contributed by atoms with Gasteiger partial charge in [0.05, 0.1) is 12.3 Å². The number of hydrogen-bond acceptors (Lipinski definition) is 4. The Morgan fingerprint density at radius 3 is 2.67 bits per heavy atom. The van der Waals surface area contributed by atoms with Crippen LogP contribution in [0.5, 0.6) is 0 Å². The number of nitrogens with zero attached hydrogens (tertiary/aromatic N) is 1. The van der Waals surface area contributed by atoms with Gasteiger partial charge in [0.25, 0.3) is 0 Å². The number of rotatable bonds is 5. The quantitative estimate of drug-likeness (QED) is 0.781. The van der Waals surface area contributed by atoms with Crippen LogP contribution < -0.4 is 0 Å². The lowest BCUT2D eigenvalue weighted by Crippen LogP contribution is -2.23. The van der Waals surface area contributed by atoms with Crippen LogP contribution in [0, 0.1) is 0 Å². The van der Waals surface area contributed by atoms with Gasteiger partial charge in [-0.15, -0.1) is 0 Å². The SMILES string of the molecule is CC(=O)OCC1=NC=CC(C)(OCc2ccccc2)C=C1. The van der Waals surface area contributed by atoms with E-state index in [0.29, 0.717) is 12.3 Å². The molecule has 1 heterocycles. The van der Waals surface area contributed by atoms with Crippen LogP contribution in [0.2, 0.25) is 0 Å². The third-order valence-corrected chi connectivity index (χ3v) is 3.07. The standard InChI is InChI=1S/C17H19NO3/c1-14(19)20-13-16-8-9-17(2,10-11-18-16)21-12-15-6-4-3-5-7-15/h3-11H,12-13H2,1-2H3. The minimum absolute atomic E-state index is 0.172. The van der Waals surface area contributed by atoms with E-state index >= 15 is 0 Å². The molecule has 0 aliphatic carbocycles. The van der Waals surface area contributed by atoms with E-state index in [1.165, 1.54) is 6.92 Å². The minimum Gasteiger partial charge on any atom is -0.459 e. The van der Waals surface area contributed by atoms with Crippen molar-refractivity contribution >= 4 is 11.7 Å². The van der Waals surface area contributed by atoms with Gasteiger partial charge in [0.15, 0.2) is 0 Å². The van der Waals surface area contributed by atoms with E-state index in [0.717, 1.165) is 5.56 Å². The molecule has 0 amide bonds. The number of hydrogen-bond donors (Lipinski definition) is 0. The second kappa shape index (κ2) is 6.99. The molecule has 1 aromatic carbocycles. The Morgan fingerprint density at radius 2 is 1.95 bits per heavy atom. The Labute approximate surface area is 124 Å². The summed E-state index contributed by atoms with van der Waals surface area (Å²) >= 11 is 0. The summed E-state index contributed by atoms with van der Waals surface area (Å²) < 4.78 is 10.9. The summed E-state index contributed by atoms with van der Waals surface area (Å²) in [7, 11) is 0. The fourth-order valence-corrected chi connectivity index (χ4v) is 1.81. The van der Waals surface area contributed by atoms with Crippen LogP contribution in [0.1, 0.15) is 19.4 Å². The molecule has 0 aromatic heterocycles. The molecule has 0 fully saturated rings. The molecule has 0 spiro atoms. The smallest absolute Gasteiger partial charge is 0.303 e. The normalized spacial score (nSPS) is 20.8. The molecule has 0 saturated heterocycles. The lowest BCUT2D eigenvalue weighted by atomic mass is 10.1. The van der Waals surface area contributed by atoms with Crippen LogP contribution in [0.25, 0.3) is 0 Å². The van der Waals surface area contributed by atoms with Crippen molar-refractivity contribution in [2.45, 2.75) is 26.1 Å². The van der Waals surface area contributed by atoms with Gasteiger partial charge in [-0.2, -0.15) is 0 Å². The highest BCUT2D eigenvalue weighted by atomic mass is 16.5. The van der Waals surface area contributed by atoms with Gasteiger partial charge in [-0.1, -0.05) is 30.3 Å². The van der Waals surface area contributed by atoms with Crippen LogP contribution in [0.3, 0.4) is 0 Å². The van der Waals surface area contributed by atoms with Crippen LogP contribution in [0.4, 0.5) is 0 Å². The summed E-state index contributed by atoms with van der Waals surface area (Å²) in [4.78, 5) is 15.1. The van der Waals surface area contributed by atoms with Gasteiger partial charge < -0.3 is 9.47 Å². The Kier molecular flexibility index (Phi) is 5.06. The first-order valence-corrected chi connectivity index (χ1v) is 6.82. The fraction of sp³-hybridized carbons (Fsp3) is 0.294. The Bertz CT molecular complexity index is 575. The van der Waals surface area contributed by atoms with Crippen molar-refractivity contribution in [2.75, 3.05) is 6.61 Å². The van der Waals surface area contributed by atoms with E-state index in [4.69, 9.17) is 9.47 Å². The zero-order valence-electron chi connectivity index (χ0n) is 12.3. The highest BCUT2D eigenvalue weighted by Gasteiger charge is 2.19. The molecule has 1 aromatic rings. The number of esters is 1. The van der Waals surface area contributed by atoms with E-state index in [2.05, 4.69) is 4.99 Å². The maximum absolute atomic E-state index is 10.8. The van der Waals surface area contributed by atoms with Gasteiger partial charge in [-0.3, -0.25) is 9.79 Å². The molecule has 0 saturated carbocycles. The molecule has 4 nitrogen and oxygen atoms in total. The lowest BCUT2D eigenvalue weighted by Gasteiger charge is -2.22. The van der Waals surface area contributed by atoms with Crippen molar-refractivity contribution in [3.8, 4) is 0 Å². The third-order valence-electron chi connectivity index (χ3n) is 3.07. The molecule has 0 N–H and O–H groups in total. The molecular formula is C17H19NO3. The number of aliphatic imine (C=N–C) groups is 1. The number of carbonyl (C=O) groups excluding carboxylic acids is 1. The molecule has 21 heavy (non-hydrogen) atoms. The number of benzene rings is 1. The fourth-order valence-electron chi connectivity index (χ4n) is 1.81. The predicted octanol–water partition coefficient (Wildman–Crippen LogP) is 3.05. The lowest BCUT2D eigenvalue weighted by molar-refractivity contribution is -0.139. The summed E-state index contributed by atoms with van der Waals surface area (Å²) in [5, 5.41) is 0. The second-order valence-electron chi connectivity index (χ2n) is 5.01. The maximum Gasteiger partial charge on any atom is 0.303 e. The molecule has 0 bridgehead atoms. The molecule has 2 rings (SSSR count). The van der Waals surface area contributed by atoms with E-state index in [1.807, 2.05) is 55.5 Å². The summed E-state index contributed by atoms with van der Waals surface area (Å²) in [6.45, 7) is 4.04. The molecule has 110 valence electrons. The van der Waals surface area contributed by atoms with Gasteiger partial charge in [0.1, 0.15) is 12.2 Å². The third kappa shape index (κ3) is 5.00. The van der Waals surface area contributed by atoms with Gasteiger partial charge >= 0.3 is 5.97 Å². The number of carbonyl (C=O) groups is 1. The van der Waals surface area contributed by atoms with E-state index in [9.17, 15) is 4.79 Å². The van der Waals surface area contributed by atoms with Gasteiger partial charge in [0.2, 0.25) is 0 Å². The molecule has 1 aliphatic rings. The van der Waals surface area contributed by atoms with Crippen molar-refractivity contribution in [3.63, 3.8) is 0 Å². The summed E-state index contributed by atoms with van der Waals surface area (Å²) in [6, 6.07) is 10.00. The van der Waals surface area contributed by atoms with Crippen LogP contribution in [-0.2, 0) is 20.9 Å². The molecule has 1 atom stereocenters. The van der Waals surface area contributed by atoms with E-state index in [-0.39, 0.29) is 12.6 Å².